The van der Waals surface area contributed by atoms with E-state index in [2.05, 4.69) is 16.2 Å². The van der Waals surface area contributed by atoms with Crippen molar-refractivity contribution in [2.45, 2.75) is 27.2 Å². The van der Waals surface area contributed by atoms with E-state index in [0.29, 0.717) is 35.4 Å². The molecular formula is C25H26N4O4S. The third-order valence-electron chi connectivity index (χ3n) is 5.10. The lowest BCUT2D eigenvalue weighted by Crippen LogP contribution is -2.35. The highest BCUT2D eigenvalue weighted by molar-refractivity contribution is 8.26. The smallest absolute Gasteiger partial charge is 0.283 e. The number of hydrazone groups is 1. The molecule has 2 heterocycles. The topological polar surface area (TPSA) is 96.6 Å². The molecule has 0 atom stereocenters. The maximum absolute atomic E-state index is 12.5. The Morgan fingerprint density at radius 3 is 2.50 bits per heavy atom. The maximum atomic E-state index is 12.5. The number of nitrogens with one attached hydrogen (secondary N) is 1. The Labute approximate surface area is 202 Å². The van der Waals surface area contributed by atoms with E-state index in [1.165, 1.54) is 16.8 Å². The van der Waals surface area contributed by atoms with Crippen molar-refractivity contribution in [1.82, 2.24) is 5.01 Å². The Hall–Kier alpha value is -3.59. The highest BCUT2D eigenvalue weighted by Crippen LogP contribution is 2.32. The first-order chi connectivity index (χ1) is 16.4. The molecule has 0 radical (unpaired) electrons. The molecule has 0 aliphatic carbocycles. The summed E-state index contributed by atoms with van der Waals surface area (Å²) < 4.78 is 17.1. The molecule has 0 aromatic heterocycles. The quantitative estimate of drug-likeness (QED) is 0.432. The van der Waals surface area contributed by atoms with Crippen LogP contribution in [-0.2, 0) is 4.79 Å². The normalized spacial score (nSPS) is 16.4. The van der Waals surface area contributed by atoms with Gasteiger partial charge in [-0.05, 0) is 79.1 Å². The van der Waals surface area contributed by atoms with E-state index in [9.17, 15) is 4.79 Å². The monoisotopic (exact) mass is 478 g/mol. The number of aryl methyl sites for hydroxylation is 2. The summed E-state index contributed by atoms with van der Waals surface area (Å²) in [6, 6.07) is 11.4. The molecule has 2 aromatic carbocycles. The maximum Gasteiger partial charge on any atom is 0.283 e. The van der Waals surface area contributed by atoms with Crippen LogP contribution in [0, 0.1) is 19.3 Å². The Morgan fingerprint density at radius 1 is 1.06 bits per heavy atom. The van der Waals surface area contributed by atoms with E-state index in [0.717, 1.165) is 28.3 Å². The Balaban J connectivity index is 1.44. The molecule has 0 spiro atoms. The van der Waals surface area contributed by atoms with E-state index < -0.39 is 5.91 Å². The molecule has 2 aromatic rings. The standard InChI is InChI=1S/C25H26N4O4S/c1-5-22-28-29-23(26)19(24(30)27-25(29)34-22)13-17-6-7-20(21(14-17)31-4)33-9-8-32-18-11-15(2)10-16(3)12-18/h6-7,10-14,26H,5,8-9H2,1-4H3. The number of benzene rings is 2. The van der Waals surface area contributed by atoms with Crippen molar-refractivity contribution in [1.29, 1.82) is 5.41 Å². The summed E-state index contributed by atoms with van der Waals surface area (Å²) in [5.41, 5.74) is 3.15. The van der Waals surface area contributed by atoms with Crippen molar-refractivity contribution < 1.29 is 19.0 Å². The van der Waals surface area contributed by atoms with Gasteiger partial charge in [-0.1, -0.05) is 19.1 Å². The van der Waals surface area contributed by atoms with Crippen LogP contribution in [0.3, 0.4) is 0 Å². The predicted molar refractivity (Wildman–Crippen MR) is 135 cm³/mol. The number of aliphatic imine (C=N–C) groups is 1. The van der Waals surface area contributed by atoms with E-state index >= 15 is 0 Å². The van der Waals surface area contributed by atoms with Crippen molar-refractivity contribution >= 4 is 39.8 Å². The van der Waals surface area contributed by atoms with Crippen LogP contribution in [0.4, 0.5) is 0 Å². The van der Waals surface area contributed by atoms with Gasteiger partial charge in [0.15, 0.2) is 17.3 Å². The fourth-order valence-corrected chi connectivity index (χ4v) is 4.39. The molecule has 1 N–H and O–H groups in total. The van der Waals surface area contributed by atoms with E-state index in [4.69, 9.17) is 19.6 Å². The number of carbonyl (C=O) groups excluding carboxylic acids is 1. The highest BCUT2D eigenvalue weighted by atomic mass is 32.2. The first kappa shape index (κ1) is 23.6. The molecule has 0 bridgehead atoms. The summed E-state index contributed by atoms with van der Waals surface area (Å²) in [5, 5.41) is 15.4. The number of nitrogens with zero attached hydrogens (tertiary/aromatic N) is 3. The lowest BCUT2D eigenvalue weighted by atomic mass is 10.1. The second-order valence-corrected chi connectivity index (χ2v) is 8.84. The van der Waals surface area contributed by atoms with Crippen molar-refractivity contribution in [2.75, 3.05) is 20.3 Å². The largest absolute Gasteiger partial charge is 0.493 e. The molecule has 0 fully saturated rings. The number of amides is 1. The van der Waals surface area contributed by atoms with Crippen LogP contribution in [0.2, 0.25) is 0 Å². The molecule has 0 saturated heterocycles. The predicted octanol–water partition coefficient (Wildman–Crippen LogP) is 4.80. The fraction of sp³-hybridized carbons (Fsp3) is 0.280. The summed E-state index contributed by atoms with van der Waals surface area (Å²) in [7, 11) is 1.55. The van der Waals surface area contributed by atoms with Gasteiger partial charge < -0.3 is 14.2 Å². The summed E-state index contributed by atoms with van der Waals surface area (Å²) in [6.45, 7) is 6.77. The number of methoxy groups -OCH3 is 1. The minimum Gasteiger partial charge on any atom is -0.493 e. The minimum absolute atomic E-state index is 0.00813. The number of rotatable bonds is 8. The SMILES string of the molecule is CCC1=NN2C(=N)C(=Cc3ccc(OCCOc4cc(C)cc(C)c4)c(OC)c3)C(=O)N=C2S1. The van der Waals surface area contributed by atoms with E-state index in [1.54, 1.807) is 31.4 Å². The van der Waals surface area contributed by atoms with Gasteiger partial charge in [-0.3, -0.25) is 10.2 Å². The molecule has 34 heavy (non-hydrogen) atoms. The number of hydrogen-bond acceptors (Lipinski definition) is 7. The third-order valence-corrected chi connectivity index (χ3v) is 6.16. The van der Waals surface area contributed by atoms with Crippen LogP contribution in [0.1, 0.15) is 30.0 Å². The van der Waals surface area contributed by atoms with Gasteiger partial charge in [-0.15, -0.1) is 0 Å². The molecule has 2 aliphatic heterocycles. The van der Waals surface area contributed by atoms with Crippen LogP contribution in [0.25, 0.3) is 6.08 Å². The lowest BCUT2D eigenvalue weighted by molar-refractivity contribution is -0.114. The number of amidine groups is 2. The Kier molecular flexibility index (Phi) is 7.02. The van der Waals surface area contributed by atoms with Crippen LogP contribution in [0.5, 0.6) is 17.2 Å². The lowest BCUT2D eigenvalue weighted by Gasteiger charge is -2.20. The summed E-state index contributed by atoms with van der Waals surface area (Å²) >= 11 is 1.32. The van der Waals surface area contributed by atoms with Gasteiger partial charge >= 0.3 is 0 Å². The van der Waals surface area contributed by atoms with Crippen LogP contribution in [-0.4, -0.2) is 47.3 Å². The Bertz CT molecular complexity index is 1220. The van der Waals surface area contributed by atoms with Gasteiger partial charge in [-0.25, -0.2) is 0 Å². The average molecular weight is 479 g/mol. The first-order valence-electron chi connectivity index (χ1n) is 10.9. The summed E-state index contributed by atoms with van der Waals surface area (Å²) in [4.78, 5) is 16.6. The third kappa shape index (κ3) is 5.14. The average Bonchev–Trinajstić information content (AvgIpc) is 3.22. The number of hydrogen-bond donors (Lipinski definition) is 1. The second-order valence-electron chi connectivity index (χ2n) is 7.80. The molecule has 9 heteroatoms. The molecule has 1 amide bonds. The van der Waals surface area contributed by atoms with Crippen molar-refractivity contribution in [3.63, 3.8) is 0 Å². The first-order valence-corrected chi connectivity index (χ1v) is 11.7. The highest BCUT2D eigenvalue weighted by Gasteiger charge is 2.35. The molecular weight excluding hydrogens is 452 g/mol. The zero-order valence-corrected chi connectivity index (χ0v) is 20.4. The molecule has 4 rings (SSSR count). The van der Waals surface area contributed by atoms with Gasteiger partial charge in [0.1, 0.15) is 24.0 Å². The number of carbonyl (C=O) groups is 1. The number of thioether (sulfide) groups is 1. The number of fused-ring (bicyclic) bond motifs is 1. The summed E-state index contributed by atoms with van der Waals surface area (Å²) in [5.74, 6) is 1.44. The second kappa shape index (κ2) is 10.1. The molecule has 8 nitrogen and oxygen atoms in total. The zero-order valence-electron chi connectivity index (χ0n) is 19.5. The number of ether oxygens (including phenoxy) is 3. The van der Waals surface area contributed by atoms with Crippen molar-refractivity contribution in [2.24, 2.45) is 10.1 Å². The van der Waals surface area contributed by atoms with Gasteiger partial charge in [0.25, 0.3) is 5.91 Å². The van der Waals surface area contributed by atoms with Crippen molar-refractivity contribution in [3.05, 3.63) is 58.7 Å². The zero-order chi connectivity index (χ0) is 24.2. The van der Waals surface area contributed by atoms with Crippen LogP contribution in [0.15, 0.2) is 52.1 Å². The van der Waals surface area contributed by atoms with Gasteiger partial charge in [0, 0.05) is 0 Å². The van der Waals surface area contributed by atoms with Crippen molar-refractivity contribution in [3.8, 4) is 17.2 Å². The van der Waals surface area contributed by atoms with Gasteiger partial charge in [0.05, 0.1) is 12.7 Å². The minimum atomic E-state index is -0.459. The molecule has 176 valence electrons. The van der Waals surface area contributed by atoms with Crippen LogP contribution >= 0.6 is 11.8 Å². The summed E-state index contributed by atoms with van der Waals surface area (Å²) in [6.07, 6.45) is 2.33. The van der Waals surface area contributed by atoms with Gasteiger partial charge in [0.2, 0.25) is 5.17 Å². The van der Waals surface area contributed by atoms with E-state index in [1.807, 2.05) is 32.9 Å². The fourth-order valence-electron chi connectivity index (χ4n) is 3.56. The molecule has 0 unspecified atom stereocenters. The molecule has 2 aliphatic rings. The molecule has 0 saturated carbocycles. The van der Waals surface area contributed by atoms with E-state index in [-0.39, 0.29) is 11.4 Å². The van der Waals surface area contributed by atoms with Crippen LogP contribution < -0.4 is 14.2 Å². The Morgan fingerprint density at radius 2 is 1.79 bits per heavy atom. The van der Waals surface area contributed by atoms with Gasteiger partial charge in [-0.2, -0.15) is 15.1 Å².